The van der Waals surface area contributed by atoms with Crippen LogP contribution in [0.1, 0.15) is 15.9 Å². The van der Waals surface area contributed by atoms with E-state index in [9.17, 15) is 4.79 Å². The Balaban J connectivity index is 3.02. The van der Waals surface area contributed by atoms with E-state index < -0.39 is 5.24 Å². The van der Waals surface area contributed by atoms with E-state index in [0.29, 0.717) is 5.56 Å². The number of nitrogens with one attached hydrogen (secondary N) is 2. The Hall–Kier alpha value is -1.61. The van der Waals surface area contributed by atoms with Gasteiger partial charge < -0.3 is 10.7 Å². The van der Waals surface area contributed by atoms with Crippen molar-refractivity contribution >= 4 is 28.6 Å². The van der Waals surface area contributed by atoms with Crippen LogP contribution in [0.2, 0.25) is 0 Å². The smallest absolute Gasteiger partial charge is 0.252 e. The number of allylic oxidation sites excluding steroid dienone is 1. The number of benzene rings is 1. The van der Waals surface area contributed by atoms with E-state index in [1.54, 1.807) is 37.5 Å². The molecule has 4 heteroatoms. The van der Waals surface area contributed by atoms with Crippen molar-refractivity contribution in [1.82, 2.24) is 5.32 Å². The minimum absolute atomic E-state index is 0.453. The minimum atomic E-state index is -0.476. The molecule has 3 nitrogen and oxygen atoms in total. The van der Waals surface area contributed by atoms with Crippen LogP contribution in [0.5, 0.6) is 0 Å². The standard InChI is InChI=1S/C11H11ClN2O/c1-14-7-10(6-13)8-2-4-9(5-3-8)11(12)15/h2-7,13-14H,1H3/b10-7+,13-6?. The summed E-state index contributed by atoms with van der Waals surface area (Å²) in [6, 6.07) is 6.78. The van der Waals surface area contributed by atoms with Crippen LogP contribution in [-0.2, 0) is 0 Å². The first-order valence-electron chi connectivity index (χ1n) is 4.37. The molecule has 15 heavy (non-hydrogen) atoms. The van der Waals surface area contributed by atoms with E-state index in [4.69, 9.17) is 17.0 Å². The second-order valence-electron chi connectivity index (χ2n) is 2.88. The highest BCUT2D eigenvalue weighted by molar-refractivity contribution is 6.67. The molecule has 0 atom stereocenters. The summed E-state index contributed by atoms with van der Waals surface area (Å²) in [6.07, 6.45) is 2.96. The number of rotatable bonds is 4. The van der Waals surface area contributed by atoms with Gasteiger partial charge in [-0.05, 0) is 29.3 Å². The molecule has 0 bridgehead atoms. The largest absolute Gasteiger partial charge is 0.393 e. The van der Waals surface area contributed by atoms with Crippen molar-refractivity contribution in [2.24, 2.45) is 0 Å². The molecule has 0 unspecified atom stereocenters. The fourth-order valence-corrected chi connectivity index (χ4v) is 1.28. The van der Waals surface area contributed by atoms with Crippen LogP contribution in [0.15, 0.2) is 30.5 Å². The summed E-state index contributed by atoms with van der Waals surface area (Å²) in [6.45, 7) is 0. The van der Waals surface area contributed by atoms with Crippen molar-refractivity contribution in [3.05, 3.63) is 41.6 Å². The van der Waals surface area contributed by atoms with Crippen LogP contribution >= 0.6 is 11.6 Å². The van der Waals surface area contributed by atoms with Crippen LogP contribution in [0.25, 0.3) is 5.57 Å². The van der Waals surface area contributed by atoms with Gasteiger partial charge in [0.1, 0.15) is 0 Å². The van der Waals surface area contributed by atoms with Gasteiger partial charge in [-0.1, -0.05) is 12.1 Å². The fraction of sp³-hybridized carbons (Fsp3) is 0.0909. The molecule has 0 heterocycles. The maximum atomic E-state index is 10.8. The lowest BCUT2D eigenvalue weighted by molar-refractivity contribution is 0.108. The highest BCUT2D eigenvalue weighted by Crippen LogP contribution is 2.13. The zero-order chi connectivity index (χ0) is 11.3. The van der Waals surface area contributed by atoms with Crippen molar-refractivity contribution in [2.75, 3.05) is 7.05 Å². The van der Waals surface area contributed by atoms with Gasteiger partial charge in [0, 0.05) is 30.6 Å². The zero-order valence-corrected chi connectivity index (χ0v) is 9.01. The predicted molar refractivity (Wildman–Crippen MR) is 62.4 cm³/mol. The molecule has 0 amide bonds. The Labute approximate surface area is 93.3 Å². The Morgan fingerprint density at radius 3 is 2.27 bits per heavy atom. The van der Waals surface area contributed by atoms with Gasteiger partial charge in [0.15, 0.2) is 0 Å². The lowest BCUT2D eigenvalue weighted by Gasteiger charge is -2.02. The third-order valence-corrected chi connectivity index (χ3v) is 2.12. The molecule has 0 aromatic heterocycles. The van der Waals surface area contributed by atoms with Gasteiger partial charge in [0.25, 0.3) is 5.24 Å². The molecular formula is C11H11ClN2O. The third kappa shape index (κ3) is 2.92. The van der Waals surface area contributed by atoms with Crippen molar-refractivity contribution < 1.29 is 4.79 Å². The lowest BCUT2D eigenvalue weighted by Crippen LogP contribution is -1.97. The summed E-state index contributed by atoms with van der Waals surface area (Å²) >= 11 is 5.32. The lowest BCUT2D eigenvalue weighted by atomic mass is 10.1. The summed E-state index contributed by atoms with van der Waals surface area (Å²) in [5.74, 6) is 0. The van der Waals surface area contributed by atoms with Crippen molar-refractivity contribution in [3.8, 4) is 0 Å². The van der Waals surface area contributed by atoms with E-state index in [1.807, 2.05) is 0 Å². The summed E-state index contributed by atoms with van der Waals surface area (Å²) in [5, 5.41) is 9.58. The van der Waals surface area contributed by atoms with Crippen molar-refractivity contribution in [2.45, 2.75) is 0 Å². The Bertz CT molecular complexity index is 396. The van der Waals surface area contributed by atoms with Crippen molar-refractivity contribution in [3.63, 3.8) is 0 Å². The van der Waals surface area contributed by atoms with E-state index in [0.717, 1.165) is 11.1 Å². The van der Waals surface area contributed by atoms with Gasteiger partial charge in [-0.3, -0.25) is 4.79 Å². The average molecular weight is 223 g/mol. The Morgan fingerprint density at radius 1 is 1.33 bits per heavy atom. The normalized spacial score (nSPS) is 10.9. The minimum Gasteiger partial charge on any atom is -0.393 e. The molecule has 2 N–H and O–H groups in total. The van der Waals surface area contributed by atoms with Gasteiger partial charge in [-0.25, -0.2) is 0 Å². The van der Waals surface area contributed by atoms with Crippen LogP contribution < -0.4 is 5.32 Å². The van der Waals surface area contributed by atoms with Gasteiger partial charge in [-0.15, -0.1) is 0 Å². The Morgan fingerprint density at radius 2 is 1.87 bits per heavy atom. The molecule has 0 aliphatic heterocycles. The summed E-state index contributed by atoms with van der Waals surface area (Å²) < 4.78 is 0. The molecular weight excluding hydrogens is 212 g/mol. The number of hydrogen-bond donors (Lipinski definition) is 2. The fourth-order valence-electron chi connectivity index (χ4n) is 1.16. The summed E-state index contributed by atoms with van der Waals surface area (Å²) in [7, 11) is 1.76. The van der Waals surface area contributed by atoms with Gasteiger partial charge in [0.2, 0.25) is 0 Å². The van der Waals surface area contributed by atoms with E-state index in [2.05, 4.69) is 5.32 Å². The molecule has 0 spiro atoms. The maximum absolute atomic E-state index is 10.8. The topological polar surface area (TPSA) is 53.0 Å². The first kappa shape index (κ1) is 11.5. The molecule has 0 fully saturated rings. The number of hydrogen-bond acceptors (Lipinski definition) is 3. The molecule has 0 saturated heterocycles. The summed E-state index contributed by atoms with van der Waals surface area (Å²) in [5.41, 5.74) is 2.06. The number of carbonyl (C=O) groups is 1. The molecule has 0 aliphatic carbocycles. The van der Waals surface area contributed by atoms with Gasteiger partial charge in [0.05, 0.1) is 0 Å². The average Bonchev–Trinajstić information content (AvgIpc) is 2.26. The van der Waals surface area contributed by atoms with Crippen LogP contribution in [0, 0.1) is 5.41 Å². The van der Waals surface area contributed by atoms with Crippen LogP contribution in [0.4, 0.5) is 0 Å². The second kappa shape index (κ2) is 5.32. The maximum Gasteiger partial charge on any atom is 0.252 e. The number of carbonyl (C=O) groups excluding carboxylic acids is 1. The highest BCUT2D eigenvalue weighted by Gasteiger charge is 2.02. The van der Waals surface area contributed by atoms with Gasteiger partial charge >= 0.3 is 0 Å². The molecule has 0 saturated carbocycles. The first-order valence-corrected chi connectivity index (χ1v) is 4.75. The molecule has 0 radical (unpaired) electrons. The van der Waals surface area contributed by atoms with E-state index in [1.165, 1.54) is 6.21 Å². The highest BCUT2D eigenvalue weighted by atomic mass is 35.5. The van der Waals surface area contributed by atoms with E-state index in [-0.39, 0.29) is 0 Å². The molecule has 78 valence electrons. The number of halogens is 1. The first-order chi connectivity index (χ1) is 7.19. The van der Waals surface area contributed by atoms with Crippen LogP contribution in [0.3, 0.4) is 0 Å². The van der Waals surface area contributed by atoms with Crippen LogP contribution in [-0.4, -0.2) is 18.5 Å². The molecule has 1 rings (SSSR count). The molecule has 0 aliphatic rings. The van der Waals surface area contributed by atoms with Crippen molar-refractivity contribution in [1.29, 1.82) is 5.41 Å². The molecule has 1 aromatic rings. The van der Waals surface area contributed by atoms with E-state index >= 15 is 0 Å². The molecule has 1 aromatic carbocycles. The zero-order valence-electron chi connectivity index (χ0n) is 8.25. The summed E-state index contributed by atoms with van der Waals surface area (Å²) in [4.78, 5) is 10.8. The monoisotopic (exact) mass is 222 g/mol. The SMILES string of the molecule is CN/C=C(\C=N)c1ccc(C(=O)Cl)cc1. The third-order valence-electron chi connectivity index (χ3n) is 1.90. The predicted octanol–water partition coefficient (Wildman–Crippen LogP) is 2.28. The Kier molecular flexibility index (Phi) is 4.06. The second-order valence-corrected chi connectivity index (χ2v) is 3.23. The van der Waals surface area contributed by atoms with Gasteiger partial charge in [-0.2, -0.15) is 0 Å². The quantitative estimate of drug-likeness (QED) is 0.607.